The lowest BCUT2D eigenvalue weighted by molar-refractivity contribution is 0.0212. The van der Waals surface area contributed by atoms with E-state index in [9.17, 15) is 4.79 Å². The molecule has 2 rings (SSSR count). The molecule has 1 aromatic carbocycles. The van der Waals surface area contributed by atoms with E-state index < -0.39 is 14.0 Å². The summed E-state index contributed by atoms with van der Waals surface area (Å²) in [6.45, 7) is 7.68. The number of ether oxygens (including phenoxy) is 3. The van der Waals surface area contributed by atoms with Crippen LogP contribution in [-0.2, 0) is 9.47 Å². The monoisotopic (exact) mass is 413 g/mol. The van der Waals surface area contributed by atoms with E-state index in [2.05, 4.69) is 35.6 Å². The zero-order valence-electron chi connectivity index (χ0n) is 14.8. The fourth-order valence-corrected chi connectivity index (χ4v) is 3.37. The molecule has 7 heteroatoms. The second kappa shape index (κ2) is 7.71. The number of rotatable bonds is 7. The Kier molecular flexibility index (Phi) is 6.11. The minimum absolute atomic E-state index is 0.118. The van der Waals surface area contributed by atoms with E-state index in [1.165, 1.54) is 0 Å². The van der Waals surface area contributed by atoms with Gasteiger partial charge in [-0.3, -0.25) is 0 Å². The lowest BCUT2D eigenvalue weighted by Crippen LogP contribution is -2.22. The third-order valence-electron chi connectivity index (χ3n) is 3.41. The smallest absolute Gasteiger partial charge is 0.348 e. The predicted octanol–water partition coefficient (Wildman–Crippen LogP) is 4.17. The first-order chi connectivity index (χ1) is 11.2. The average Bonchev–Trinajstić information content (AvgIpc) is 2.72. The van der Waals surface area contributed by atoms with Gasteiger partial charge in [-0.2, -0.15) is 0 Å². The summed E-state index contributed by atoms with van der Waals surface area (Å²) in [5.74, 6) is 0.591. The van der Waals surface area contributed by atoms with Crippen molar-refractivity contribution in [2.24, 2.45) is 0 Å². The van der Waals surface area contributed by atoms with Crippen molar-refractivity contribution >= 4 is 35.7 Å². The van der Waals surface area contributed by atoms with Crippen LogP contribution < -0.4 is 4.74 Å². The second-order valence-electron chi connectivity index (χ2n) is 7.15. The molecule has 0 bridgehead atoms. The molecular formula is C17H24BrNO4Si. The fourth-order valence-electron chi connectivity index (χ4n) is 2.18. The number of hydrogen-bond acceptors (Lipinski definition) is 5. The summed E-state index contributed by atoms with van der Waals surface area (Å²) in [5.41, 5.74) is 1.17. The molecule has 0 radical (unpaired) electrons. The van der Waals surface area contributed by atoms with Gasteiger partial charge in [-0.15, -0.1) is 0 Å². The van der Waals surface area contributed by atoms with Gasteiger partial charge in [0.05, 0.1) is 0 Å². The van der Waals surface area contributed by atoms with Crippen LogP contribution in [0.5, 0.6) is 5.75 Å². The van der Waals surface area contributed by atoms with E-state index in [0.717, 1.165) is 16.1 Å². The van der Waals surface area contributed by atoms with Gasteiger partial charge in [-0.1, -0.05) is 35.6 Å². The lowest BCUT2D eigenvalue weighted by atomic mass is 10.1. The first-order valence-corrected chi connectivity index (χ1v) is 12.3. The van der Waals surface area contributed by atoms with E-state index in [1.54, 1.807) is 12.3 Å². The lowest BCUT2D eigenvalue weighted by Gasteiger charge is -2.16. The molecule has 24 heavy (non-hydrogen) atoms. The van der Waals surface area contributed by atoms with Crippen LogP contribution in [0.3, 0.4) is 0 Å². The zero-order chi connectivity index (χ0) is 17.9. The number of cyclic esters (lactones) is 1. The maximum Gasteiger partial charge on any atom is 0.348 e. The SMILES string of the molecule is CN(C)C=C1OC(=O)c2c(OCOCC[Si](C)(C)C)cc(Br)cc21. The van der Waals surface area contributed by atoms with Crippen molar-refractivity contribution in [2.75, 3.05) is 27.5 Å². The van der Waals surface area contributed by atoms with Crippen molar-refractivity contribution in [3.63, 3.8) is 0 Å². The van der Waals surface area contributed by atoms with E-state index in [0.29, 0.717) is 23.7 Å². The van der Waals surface area contributed by atoms with Crippen molar-refractivity contribution in [3.05, 3.63) is 33.9 Å². The third-order valence-corrected chi connectivity index (χ3v) is 5.57. The topological polar surface area (TPSA) is 48.0 Å². The molecule has 1 aliphatic rings. The summed E-state index contributed by atoms with van der Waals surface area (Å²) < 4.78 is 17.4. The van der Waals surface area contributed by atoms with Crippen LogP contribution in [0.15, 0.2) is 22.8 Å². The largest absolute Gasteiger partial charge is 0.467 e. The highest BCUT2D eigenvalue weighted by molar-refractivity contribution is 9.10. The third kappa shape index (κ3) is 5.09. The number of esters is 1. The second-order valence-corrected chi connectivity index (χ2v) is 13.7. The van der Waals surface area contributed by atoms with Gasteiger partial charge in [0.25, 0.3) is 0 Å². The Morgan fingerprint density at radius 2 is 2.00 bits per heavy atom. The molecule has 0 aliphatic carbocycles. The highest BCUT2D eigenvalue weighted by atomic mass is 79.9. The van der Waals surface area contributed by atoms with E-state index in [-0.39, 0.29) is 6.79 Å². The molecule has 0 unspecified atom stereocenters. The Bertz CT molecular complexity index is 653. The van der Waals surface area contributed by atoms with Gasteiger partial charge in [0, 0.05) is 45.0 Å². The van der Waals surface area contributed by atoms with Crippen LogP contribution in [0, 0.1) is 0 Å². The first kappa shape index (κ1) is 19.0. The fraction of sp³-hybridized carbons (Fsp3) is 0.471. The molecule has 0 spiro atoms. The van der Waals surface area contributed by atoms with E-state index in [1.807, 2.05) is 25.1 Å². The van der Waals surface area contributed by atoms with Crippen molar-refractivity contribution in [1.29, 1.82) is 0 Å². The van der Waals surface area contributed by atoms with Gasteiger partial charge in [0.1, 0.15) is 11.3 Å². The molecule has 5 nitrogen and oxygen atoms in total. The molecule has 132 valence electrons. The molecule has 0 atom stereocenters. The van der Waals surface area contributed by atoms with Gasteiger partial charge < -0.3 is 19.1 Å². The number of halogens is 1. The molecule has 1 aromatic rings. The van der Waals surface area contributed by atoms with E-state index >= 15 is 0 Å². The van der Waals surface area contributed by atoms with Crippen LogP contribution in [-0.4, -0.2) is 46.4 Å². The summed E-state index contributed by atoms with van der Waals surface area (Å²) in [7, 11) is 2.63. The number of benzene rings is 1. The normalized spacial score (nSPS) is 15.4. The van der Waals surface area contributed by atoms with Gasteiger partial charge in [0.15, 0.2) is 12.6 Å². The predicted molar refractivity (Wildman–Crippen MR) is 101 cm³/mol. The number of fused-ring (bicyclic) bond motifs is 1. The standard InChI is InChI=1S/C17H24BrNO4Si/c1-19(2)10-15-13-8-12(18)9-14(16(13)17(20)23-15)22-11-21-6-7-24(3,4)5/h8-10H,6-7,11H2,1-5H3. The Morgan fingerprint density at radius 1 is 1.29 bits per heavy atom. The summed E-state index contributed by atoms with van der Waals surface area (Å²) in [6.07, 6.45) is 1.77. The van der Waals surface area contributed by atoms with Crippen LogP contribution in [0.25, 0.3) is 5.76 Å². The summed E-state index contributed by atoms with van der Waals surface area (Å²) in [6, 6.07) is 4.69. The van der Waals surface area contributed by atoms with Crippen LogP contribution in [0.4, 0.5) is 0 Å². The quantitative estimate of drug-likeness (QED) is 0.290. The van der Waals surface area contributed by atoms with Crippen molar-refractivity contribution in [2.45, 2.75) is 25.7 Å². The van der Waals surface area contributed by atoms with Gasteiger partial charge >= 0.3 is 5.97 Å². The number of hydrogen-bond donors (Lipinski definition) is 0. The molecule has 0 N–H and O–H groups in total. The van der Waals surface area contributed by atoms with Crippen LogP contribution in [0.2, 0.25) is 25.7 Å². The number of carbonyl (C=O) groups excluding carboxylic acids is 1. The highest BCUT2D eigenvalue weighted by Gasteiger charge is 2.31. The molecule has 0 saturated heterocycles. The maximum atomic E-state index is 12.2. The molecule has 1 heterocycles. The molecule has 1 aliphatic heterocycles. The number of carbonyl (C=O) groups is 1. The Labute approximate surface area is 152 Å². The van der Waals surface area contributed by atoms with Gasteiger partial charge in [0.2, 0.25) is 0 Å². The zero-order valence-corrected chi connectivity index (χ0v) is 17.4. The Hall–Kier alpha value is -1.31. The number of nitrogens with zero attached hydrogens (tertiary/aromatic N) is 1. The summed E-state index contributed by atoms with van der Waals surface area (Å²) in [4.78, 5) is 14.0. The molecule has 0 aromatic heterocycles. The van der Waals surface area contributed by atoms with Crippen LogP contribution >= 0.6 is 15.9 Å². The van der Waals surface area contributed by atoms with Crippen molar-refractivity contribution in [3.8, 4) is 5.75 Å². The first-order valence-electron chi connectivity index (χ1n) is 7.82. The Balaban J connectivity index is 2.11. The molecule has 0 fully saturated rings. The van der Waals surface area contributed by atoms with Gasteiger partial charge in [-0.25, -0.2) is 4.79 Å². The average molecular weight is 414 g/mol. The Morgan fingerprint density at radius 3 is 2.62 bits per heavy atom. The highest BCUT2D eigenvalue weighted by Crippen LogP contribution is 2.38. The molecule has 0 saturated carbocycles. The van der Waals surface area contributed by atoms with Crippen molar-refractivity contribution < 1.29 is 19.0 Å². The maximum absolute atomic E-state index is 12.2. The summed E-state index contributed by atoms with van der Waals surface area (Å²) >= 11 is 3.46. The van der Waals surface area contributed by atoms with Gasteiger partial charge in [-0.05, 0) is 18.2 Å². The van der Waals surface area contributed by atoms with Crippen molar-refractivity contribution in [1.82, 2.24) is 4.90 Å². The molecule has 0 amide bonds. The minimum Gasteiger partial charge on any atom is -0.467 e. The summed E-state index contributed by atoms with van der Waals surface area (Å²) in [5, 5.41) is 0. The molecular weight excluding hydrogens is 390 g/mol. The van der Waals surface area contributed by atoms with Crippen LogP contribution in [0.1, 0.15) is 15.9 Å². The minimum atomic E-state index is -1.12. The van der Waals surface area contributed by atoms with E-state index in [4.69, 9.17) is 14.2 Å².